The number of ether oxygens (including phenoxy) is 1. The van der Waals surface area contributed by atoms with E-state index in [0.29, 0.717) is 25.3 Å². The SMILES string of the molecule is [C-]#[N+]NC(=NC)NCCC[C@]1(c2ccccc2)SC(c2cc(F)ccc2F)=NN1C(=O)[C@H](C)OC. The molecule has 0 unspecified atom stereocenters. The number of amides is 1. The Kier molecular flexibility index (Phi) is 8.78. The van der Waals surface area contributed by atoms with Gasteiger partial charge in [-0.25, -0.2) is 13.8 Å². The van der Waals surface area contributed by atoms with Gasteiger partial charge in [0.15, 0.2) is 0 Å². The summed E-state index contributed by atoms with van der Waals surface area (Å²) in [6.45, 7) is 8.98. The molecule has 2 aromatic carbocycles. The van der Waals surface area contributed by atoms with Crippen LogP contribution in [0.15, 0.2) is 58.6 Å². The highest BCUT2D eigenvalue weighted by atomic mass is 32.2. The number of hydrazone groups is 1. The number of guanidine groups is 1. The molecule has 1 aliphatic heterocycles. The number of aliphatic imine (C=N–C) groups is 1. The molecule has 11 heteroatoms. The van der Waals surface area contributed by atoms with Gasteiger partial charge in [0, 0.05) is 26.3 Å². The average molecular weight is 501 g/mol. The third kappa shape index (κ3) is 5.78. The highest BCUT2D eigenvalue weighted by Crippen LogP contribution is 2.50. The number of carbonyl (C=O) groups excluding carboxylic acids is 1. The summed E-state index contributed by atoms with van der Waals surface area (Å²) in [4.78, 5) is 19.4. The third-order valence-corrected chi connectivity index (χ3v) is 6.91. The second-order valence-electron chi connectivity index (χ2n) is 7.64. The number of halogens is 2. The molecule has 3 rings (SSSR count). The number of nitrogens with zero attached hydrogens (tertiary/aromatic N) is 4. The Bertz CT molecular complexity index is 1150. The molecule has 2 atom stereocenters. The lowest BCUT2D eigenvalue weighted by atomic mass is 9.99. The van der Waals surface area contributed by atoms with E-state index in [1.807, 2.05) is 30.3 Å². The van der Waals surface area contributed by atoms with Crippen LogP contribution < -0.4 is 10.7 Å². The molecule has 35 heavy (non-hydrogen) atoms. The molecular weight excluding hydrogens is 474 g/mol. The first kappa shape index (κ1) is 26.1. The van der Waals surface area contributed by atoms with Gasteiger partial charge in [-0.3, -0.25) is 9.79 Å². The Morgan fingerprint density at radius 2 is 2.06 bits per heavy atom. The zero-order chi connectivity index (χ0) is 25.4. The largest absolute Gasteiger partial charge is 0.372 e. The van der Waals surface area contributed by atoms with Crippen LogP contribution in [0.5, 0.6) is 0 Å². The van der Waals surface area contributed by atoms with Crippen molar-refractivity contribution in [2.45, 2.75) is 30.7 Å². The van der Waals surface area contributed by atoms with E-state index in [9.17, 15) is 13.6 Å². The Morgan fingerprint density at radius 1 is 1.31 bits per heavy atom. The van der Waals surface area contributed by atoms with Gasteiger partial charge in [-0.1, -0.05) is 47.5 Å². The van der Waals surface area contributed by atoms with Crippen molar-refractivity contribution in [3.05, 3.63) is 82.8 Å². The lowest BCUT2D eigenvalue weighted by Crippen LogP contribution is -2.46. The first-order valence-electron chi connectivity index (χ1n) is 10.8. The predicted octanol–water partition coefficient (Wildman–Crippen LogP) is 3.87. The smallest absolute Gasteiger partial charge is 0.273 e. The first-order chi connectivity index (χ1) is 16.9. The van der Waals surface area contributed by atoms with Crippen molar-refractivity contribution in [3.8, 4) is 0 Å². The van der Waals surface area contributed by atoms with Crippen molar-refractivity contribution in [1.82, 2.24) is 15.8 Å². The Balaban J connectivity index is 2.01. The topological polar surface area (TPSA) is 82.7 Å². The second kappa shape index (κ2) is 11.8. The van der Waals surface area contributed by atoms with Crippen LogP contribution in [-0.2, 0) is 14.4 Å². The van der Waals surface area contributed by atoms with Gasteiger partial charge in [-0.2, -0.15) is 16.6 Å². The molecule has 0 bridgehead atoms. The number of rotatable bonds is 8. The summed E-state index contributed by atoms with van der Waals surface area (Å²) in [5, 5.41) is 9.06. The first-order valence-corrected chi connectivity index (χ1v) is 11.7. The monoisotopic (exact) mass is 500 g/mol. The third-order valence-electron chi connectivity index (χ3n) is 5.46. The summed E-state index contributed by atoms with van der Waals surface area (Å²) in [6.07, 6.45) is 0.148. The molecule has 1 amide bonds. The van der Waals surface area contributed by atoms with Crippen molar-refractivity contribution < 1.29 is 18.3 Å². The van der Waals surface area contributed by atoms with E-state index < -0.39 is 28.5 Å². The van der Waals surface area contributed by atoms with Crippen LogP contribution in [0.25, 0.3) is 4.95 Å². The average Bonchev–Trinajstić information content (AvgIpc) is 3.27. The van der Waals surface area contributed by atoms with E-state index in [1.54, 1.807) is 14.0 Å². The number of methoxy groups -OCH3 is 1. The molecule has 0 saturated heterocycles. The maximum atomic E-state index is 14.7. The lowest BCUT2D eigenvalue weighted by Gasteiger charge is -2.37. The zero-order valence-corrected chi connectivity index (χ0v) is 20.4. The predicted molar refractivity (Wildman–Crippen MR) is 132 cm³/mol. The molecule has 0 fully saturated rings. The van der Waals surface area contributed by atoms with E-state index in [2.05, 4.69) is 25.8 Å². The highest BCUT2D eigenvalue weighted by molar-refractivity contribution is 8.15. The molecule has 2 aromatic rings. The molecule has 1 heterocycles. The van der Waals surface area contributed by atoms with Crippen LogP contribution in [-0.4, -0.2) is 48.7 Å². The van der Waals surface area contributed by atoms with Crippen molar-refractivity contribution in [2.75, 3.05) is 20.7 Å². The highest BCUT2D eigenvalue weighted by Gasteiger charge is 2.49. The van der Waals surface area contributed by atoms with Gasteiger partial charge in [0.2, 0.25) is 0 Å². The number of carbonyl (C=O) groups is 1. The maximum Gasteiger partial charge on any atom is 0.273 e. The summed E-state index contributed by atoms with van der Waals surface area (Å²) < 4.78 is 34.0. The molecule has 2 N–H and O–H groups in total. The number of hydrogen-bond donors (Lipinski definition) is 2. The second-order valence-corrected chi connectivity index (χ2v) is 8.90. The maximum absolute atomic E-state index is 14.7. The summed E-state index contributed by atoms with van der Waals surface area (Å²) in [5.74, 6) is -1.32. The van der Waals surface area contributed by atoms with Gasteiger partial charge in [-0.05, 0) is 43.5 Å². The van der Waals surface area contributed by atoms with Crippen LogP contribution in [0.3, 0.4) is 0 Å². The van der Waals surface area contributed by atoms with Gasteiger partial charge in [0.25, 0.3) is 11.9 Å². The van der Waals surface area contributed by atoms with E-state index in [0.717, 1.165) is 23.8 Å². The Labute approximate surface area is 207 Å². The van der Waals surface area contributed by atoms with E-state index in [4.69, 9.17) is 11.3 Å². The molecule has 184 valence electrons. The fourth-order valence-electron chi connectivity index (χ4n) is 3.60. The van der Waals surface area contributed by atoms with Crippen LogP contribution in [0.2, 0.25) is 0 Å². The summed E-state index contributed by atoms with van der Waals surface area (Å²) in [6, 6.07) is 12.5. The number of thioether (sulfide) groups is 1. The molecule has 0 spiro atoms. The minimum atomic E-state index is -1.03. The lowest BCUT2D eigenvalue weighted by molar-refractivity contribution is -0.144. The van der Waals surface area contributed by atoms with Gasteiger partial charge in [0.1, 0.15) is 27.7 Å². The van der Waals surface area contributed by atoms with Gasteiger partial charge in [0.05, 0.1) is 0 Å². The molecule has 0 radical (unpaired) electrons. The quantitative estimate of drug-likeness (QED) is 0.189. The molecule has 0 aromatic heterocycles. The van der Waals surface area contributed by atoms with Crippen molar-refractivity contribution in [3.63, 3.8) is 0 Å². The fourth-order valence-corrected chi connectivity index (χ4v) is 5.03. The fraction of sp³-hybridized carbons (Fsp3) is 0.333. The van der Waals surface area contributed by atoms with Gasteiger partial charge in [-0.15, -0.1) is 0 Å². The molecule has 1 aliphatic rings. The minimum Gasteiger partial charge on any atom is -0.372 e. The van der Waals surface area contributed by atoms with Gasteiger partial charge < -0.3 is 10.1 Å². The number of benzene rings is 2. The molecule has 0 aliphatic carbocycles. The van der Waals surface area contributed by atoms with E-state index in [1.165, 1.54) is 23.9 Å². The molecule has 8 nitrogen and oxygen atoms in total. The summed E-state index contributed by atoms with van der Waals surface area (Å²) in [5.41, 5.74) is 3.20. The standard InChI is InChI=1S/C24H26F2N6O2S/c1-16(34-4)22(33)32-24(17-9-6-5-7-10-17,13-8-14-29-23(27-2)30-28-3)35-21(31-32)19-15-18(25)11-12-20(19)26/h5-7,9-12,15-16H,8,13-14H2,1-2,4H3,(H2,27,29,30)/t16-,24+/m0/s1. The summed E-state index contributed by atoms with van der Waals surface area (Å²) in [7, 11) is 2.98. The van der Waals surface area contributed by atoms with Crippen molar-refractivity contribution in [1.29, 1.82) is 0 Å². The summed E-state index contributed by atoms with van der Waals surface area (Å²) >= 11 is 1.20. The Hall–Kier alpha value is -3.49. The number of nitrogens with one attached hydrogen (secondary N) is 2. The normalized spacial score (nSPS) is 18.6. The van der Waals surface area contributed by atoms with Crippen LogP contribution >= 0.6 is 11.8 Å². The molecular formula is C24H26F2N6O2S. The van der Waals surface area contributed by atoms with E-state index in [-0.39, 0.29) is 10.6 Å². The van der Waals surface area contributed by atoms with Crippen molar-refractivity contribution in [2.24, 2.45) is 10.1 Å². The van der Waals surface area contributed by atoms with Crippen LogP contribution in [0, 0.1) is 18.2 Å². The van der Waals surface area contributed by atoms with Crippen LogP contribution in [0.4, 0.5) is 8.78 Å². The molecule has 0 saturated carbocycles. The number of hydrogen-bond acceptors (Lipinski definition) is 5. The van der Waals surface area contributed by atoms with Gasteiger partial charge >= 0.3 is 0 Å². The van der Waals surface area contributed by atoms with E-state index >= 15 is 0 Å². The Morgan fingerprint density at radius 3 is 2.71 bits per heavy atom. The van der Waals surface area contributed by atoms with Crippen LogP contribution in [0.1, 0.15) is 30.9 Å². The zero-order valence-electron chi connectivity index (χ0n) is 19.6. The minimum absolute atomic E-state index is 0.0181. The van der Waals surface area contributed by atoms with Crippen molar-refractivity contribution >= 4 is 28.7 Å².